The number of hydrogen-bond donors (Lipinski definition) is 3. The van der Waals surface area contributed by atoms with Crippen LogP contribution in [0.4, 0.5) is 0 Å². The van der Waals surface area contributed by atoms with Crippen molar-refractivity contribution in [1.82, 2.24) is 0 Å². The molecular weight excluding hydrogens is 484 g/mol. The molecule has 0 aromatic heterocycles. The highest BCUT2D eigenvalue weighted by Crippen LogP contribution is 2.52. The van der Waals surface area contributed by atoms with E-state index in [9.17, 15) is 15.3 Å². The topological polar surface area (TPSA) is 97.6 Å². The Morgan fingerprint density at radius 3 is 2.29 bits per heavy atom. The van der Waals surface area contributed by atoms with Crippen LogP contribution >= 0.6 is 0 Å². The van der Waals surface area contributed by atoms with Crippen molar-refractivity contribution in [3.05, 3.63) is 101 Å². The number of benzene rings is 3. The third kappa shape index (κ3) is 3.96. The number of hydrogen-bond acceptors (Lipinski definition) is 7. The number of aliphatic hydroxyl groups excluding tert-OH is 1. The second-order valence-corrected chi connectivity index (χ2v) is 9.58. The van der Waals surface area contributed by atoms with E-state index in [-0.39, 0.29) is 30.1 Å². The fourth-order valence-electron chi connectivity index (χ4n) is 5.44. The van der Waals surface area contributed by atoms with E-state index in [0.717, 1.165) is 16.7 Å². The Labute approximate surface area is 220 Å². The first-order valence-electron chi connectivity index (χ1n) is 12.5. The summed E-state index contributed by atoms with van der Waals surface area (Å²) in [6.45, 7) is 1.84. The van der Waals surface area contributed by atoms with Gasteiger partial charge in [0.25, 0.3) is 0 Å². The largest absolute Gasteiger partial charge is 0.507 e. The van der Waals surface area contributed by atoms with Crippen molar-refractivity contribution < 1.29 is 34.3 Å². The molecule has 3 N–H and O–H groups in total. The number of rotatable bonds is 4. The van der Waals surface area contributed by atoms with Gasteiger partial charge >= 0.3 is 0 Å². The third-order valence-corrected chi connectivity index (χ3v) is 7.29. The fourth-order valence-corrected chi connectivity index (χ4v) is 5.44. The second kappa shape index (κ2) is 9.50. The number of fused-ring (bicyclic) bond motifs is 2. The lowest BCUT2D eigenvalue weighted by Crippen LogP contribution is -2.36. The van der Waals surface area contributed by atoms with Crippen LogP contribution in [0.5, 0.6) is 34.5 Å². The summed E-state index contributed by atoms with van der Waals surface area (Å²) in [5.41, 5.74) is 4.37. The van der Waals surface area contributed by atoms with Gasteiger partial charge in [0.15, 0.2) is 35.2 Å². The van der Waals surface area contributed by atoms with Gasteiger partial charge in [0.05, 0.1) is 19.3 Å². The highest BCUT2D eigenvalue weighted by molar-refractivity contribution is 5.84. The molecule has 7 heteroatoms. The van der Waals surface area contributed by atoms with Crippen LogP contribution in [0, 0.1) is 5.92 Å². The molecule has 3 aliphatic rings. The third-order valence-electron chi connectivity index (χ3n) is 7.29. The lowest BCUT2D eigenvalue weighted by atomic mass is 9.80. The summed E-state index contributed by atoms with van der Waals surface area (Å²) in [6.07, 6.45) is 6.45. The quantitative estimate of drug-likeness (QED) is 0.417. The van der Waals surface area contributed by atoms with Crippen molar-refractivity contribution in [2.45, 2.75) is 25.2 Å². The molecule has 194 valence electrons. The van der Waals surface area contributed by atoms with E-state index in [4.69, 9.17) is 18.9 Å². The van der Waals surface area contributed by atoms with Gasteiger partial charge in [-0.2, -0.15) is 0 Å². The van der Waals surface area contributed by atoms with Gasteiger partial charge < -0.3 is 34.3 Å². The van der Waals surface area contributed by atoms with E-state index in [0.29, 0.717) is 34.1 Å². The Bertz CT molecular complexity index is 1470. The van der Waals surface area contributed by atoms with E-state index in [1.54, 1.807) is 24.3 Å². The summed E-state index contributed by atoms with van der Waals surface area (Å²) in [6, 6.07) is 15.9. The minimum Gasteiger partial charge on any atom is -0.507 e. The average Bonchev–Trinajstić information content (AvgIpc) is 3.47. The normalized spacial score (nSPS) is 23.2. The molecule has 6 rings (SSSR count). The van der Waals surface area contributed by atoms with Crippen LogP contribution in [0.1, 0.15) is 35.8 Å². The molecule has 3 aromatic rings. The highest BCUT2D eigenvalue weighted by atomic mass is 16.6. The van der Waals surface area contributed by atoms with Gasteiger partial charge in [-0.15, -0.1) is 0 Å². The zero-order valence-electron chi connectivity index (χ0n) is 21.0. The van der Waals surface area contributed by atoms with Crippen molar-refractivity contribution >= 4 is 5.57 Å². The van der Waals surface area contributed by atoms with Crippen molar-refractivity contribution in [2.75, 3.05) is 13.7 Å². The summed E-state index contributed by atoms with van der Waals surface area (Å²) in [7, 11) is 1.48. The summed E-state index contributed by atoms with van der Waals surface area (Å²) in [5.74, 6) is 2.10. The number of aromatic hydroxyl groups is 2. The molecule has 4 unspecified atom stereocenters. The zero-order chi connectivity index (χ0) is 26.4. The molecule has 2 heterocycles. The van der Waals surface area contributed by atoms with Gasteiger partial charge in [-0.1, -0.05) is 49.4 Å². The van der Waals surface area contributed by atoms with E-state index in [1.165, 1.54) is 13.2 Å². The number of ether oxygens (including phenoxy) is 4. The summed E-state index contributed by atoms with van der Waals surface area (Å²) >= 11 is 0. The number of aliphatic hydroxyl groups is 1. The van der Waals surface area contributed by atoms with Crippen LogP contribution in [0.3, 0.4) is 0 Å². The molecule has 4 atom stereocenters. The van der Waals surface area contributed by atoms with Crippen molar-refractivity contribution in [3.63, 3.8) is 0 Å². The molecular formula is C31H28O7. The highest BCUT2D eigenvalue weighted by Gasteiger charge is 2.38. The molecule has 0 amide bonds. The van der Waals surface area contributed by atoms with Crippen molar-refractivity contribution in [2.24, 2.45) is 5.92 Å². The van der Waals surface area contributed by atoms with Gasteiger partial charge in [0, 0.05) is 11.5 Å². The van der Waals surface area contributed by atoms with Gasteiger partial charge in [-0.05, 0) is 53.1 Å². The van der Waals surface area contributed by atoms with Crippen molar-refractivity contribution in [1.29, 1.82) is 0 Å². The molecule has 0 radical (unpaired) electrons. The maximum atomic E-state index is 10.7. The minimum absolute atomic E-state index is 0.0165. The van der Waals surface area contributed by atoms with Crippen LogP contribution in [0.15, 0.2) is 84.5 Å². The predicted octanol–water partition coefficient (Wildman–Crippen LogP) is 5.63. The lowest BCUT2D eigenvalue weighted by Gasteiger charge is -2.37. The molecule has 0 spiro atoms. The molecule has 2 aliphatic heterocycles. The van der Waals surface area contributed by atoms with Crippen LogP contribution in [-0.2, 0) is 0 Å². The fraction of sp³-hybridized carbons (Fsp3) is 0.226. The molecule has 7 nitrogen and oxygen atoms in total. The Kier molecular flexibility index (Phi) is 6.00. The predicted molar refractivity (Wildman–Crippen MR) is 142 cm³/mol. The van der Waals surface area contributed by atoms with Crippen LogP contribution < -0.4 is 18.9 Å². The lowest BCUT2D eigenvalue weighted by molar-refractivity contribution is -0.0126. The monoisotopic (exact) mass is 512 g/mol. The first kappa shape index (κ1) is 24.0. The molecule has 1 aliphatic carbocycles. The number of phenolic OH excluding ortho intramolecular Hbond substituents is 2. The summed E-state index contributed by atoms with van der Waals surface area (Å²) < 4.78 is 24.2. The Hall–Kier alpha value is -4.36. The van der Waals surface area contributed by atoms with E-state index >= 15 is 0 Å². The first-order chi connectivity index (χ1) is 18.5. The first-order valence-corrected chi connectivity index (χ1v) is 12.5. The average molecular weight is 513 g/mol. The Balaban J connectivity index is 1.39. The number of methoxy groups -OCH3 is 1. The molecule has 0 saturated carbocycles. The summed E-state index contributed by atoms with van der Waals surface area (Å²) in [4.78, 5) is 0. The molecule has 0 saturated heterocycles. The number of phenols is 2. The Morgan fingerprint density at radius 2 is 1.53 bits per heavy atom. The van der Waals surface area contributed by atoms with E-state index in [1.807, 2.05) is 48.6 Å². The standard InChI is InChI=1S/C31H28O7/c1-17-28(18-6-3-4-7-18)29-22(34)8-5-9-24(29)37-30(17)19-11-13-23-26(15-19)38-31(27(16-32)36-23)20-10-12-21(33)25(14-20)35-2/h3-15,17,27,30-34H,16H2,1-2H3. The zero-order valence-corrected chi connectivity index (χ0v) is 21.0. The molecule has 3 aromatic carbocycles. The van der Waals surface area contributed by atoms with Gasteiger partial charge in [-0.3, -0.25) is 0 Å². The molecule has 0 fully saturated rings. The van der Waals surface area contributed by atoms with Gasteiger partial charge in [-0.25, -0.2) is 0 Å². The summed E-state index contributed by atoms with van der Waals surface area (Å²) in [5, 5.41) is 30.8. The van der Waals surface area contributed by atoms with Crippen LogP contribution in [0.25, 0.3) is 5.57 Å². The van der Waals surface area contributed by atoms with Crippen molar-refractivity contribution in [3.8, 4) is 34.5 Å². The minimum atomic E-state index is -0.639. The SMILES string of the molecule is COc1cc(C2Oc3cc(C4Oc5cccc(O)c5C(=C5C=CC=C5)C4C)ccc3OC2CO)ccc1O. The number of allylic oxidation sites excluding steroid dienone is 5. The van der Waals surface area contributed by atoms with E-state index < -0.39 is 12.2 Å². The van der Waals surface area contributed by atoms with Crippen LogP contribution in [0.2, 0.25) is 0 Å². The molecule has 38 heavy (non-hydrogen) atoms. The maximum absolute atomic E-state index is 10.7. The second-order valence-electron chi connectivity index (χ2n) is 9.58. The van der Waals surface area contributed by atoms with Gasteiger partial charge in [0.1, 0.15) is 17.6 Å². The Morgan fingerprint density at radius 1 is 0.789 bits per heavy atom. The van der Waals surface area contributed by atoms with Gasteiger partial charge in [0.2, 0.25) is 0 Å². The van der Waals surface area contributed by atoms with E-state index in [2.05, 4.69) is 6.92 Å². The maximum Gasteiger partial charge on any atom is 0.163 e. The smallest absolute Gasteiger partial charge is 0.163 e. The van der Waals surface area contributed by atoms with Crippen LogP contribution in [-0.4, -0.2) is 35.1 Å². The molecule has 0 bridgehead atoms.